The molecular formula is C35H58N6O6. The third kappa shape index (κ3) is 6.53. The number of morpholine rings is 1. The van der Waals surface area contributed by atoms with Gasteiger partial charge in [0.15, 0.2) is 0 Å². The second-order valence-electron chi connectivity index (χ2n) is 17.3. The van der Waals surface area contributed by atoms with Gasteiger partial charge in [-0.2, -0.15) is 0 Å². The number of carbonyl (C=O) groups excluding carboxylic acids is 5. The molecule has 2 heterocycles. The molecule has 5 fully saturated rings. The van der Waals surface area contributed by atoms with Crippen molar-refractivity contribution in [1.82, 2.24) is 25.8 Å². The van der Waals surface area contributed by atoms with Crippen LogP contribution in [0.1, 0.15) is 99.8 Å². The molecule has 0 aromatic heterocycles. The Bertz CT molecular complexity index is 1260. The van der Waals surface area contributed by atoms with Gasteiger partial charge in [0, 0.05) is 37.1 Å². The van der Waals surface area contributed by atoms with Crippen LogP contribution in [0, 0.1) is 27.6 Å². The van der Waals surface area contributed by atoms with Crippen molar-refractivity contribution in [2.24, 2.45) is 33.3 Å². The van der Waals surface area contributed by atoms with E-state index in [-0.39, 0.29) is 28.1 Å². The molecule has 3 aliphatic carbocycles. The normalized spacial score (nSPS) is 28.1. The quantitative estimate of drug-likeness (QED) is 0.248. The van der Waals surface area contributed by atoms with Crippen LogP contribution in [0.25, 0.3) is 0 Å². The smallest absolute Gasteiger partial charge is 0.315 e. The fourth-order valence-electron chi connectivity index (χ4n) is 9.44. The number of hydrogen-bond donors (Lipinski definition) is 4. The van der Waals surface area contributed by atoms with Gasteiger partial charge < -0.3 is 31.3 Å². The number of carbonyl (C=O) groups is 5. The Hall–Kier alpha value is -2.73. The summed E-state index contributed by atoms with van der Waals surface area (Å²) in [6.07, 6.45) is 7.02. The van der Waals surface area contributed by atoms with Gasteiger partial charge in [0.2, 0.25) is 17.6 Å². The number of amides is 5. The highest BCUT2D eigenvalue weighted by Crippen LogP contribution is 2.88. The van der Waals surface area contributed by atoms with Gasteiger partial charge in [-0.3, -0.25) is 24.1 Å². The van der Waals surface area contributed by atoms with Crippen LogP contribution in [-0.2, 0) is 23.9 Å². The Balaban J connectivity index is 1.37. The first-order valence-corrected chi connectivity index (χ1v) is 17.7. The number of ketones is 1. The molecule has 2 saturated heterocycles. The summed E-state index contributed by atoms with van der Waals surface area (Å²) >= 11 is 0. The molecule has 5 N–H and O–H groups in total. The zero-order valence-corrected chi connectivity index (χ0v) is 29.6. The molecule has 1 unspecified atom stereocenters. The lowest BCUT2D eigenvalue weighted by molar-refractivity contribution is -0.143. The number of nitrogens with two attached hydrogens (primary N) is 1. The van der Waals surface area contributed by atoms with E-state index in [9.17, 15) is 24.0 Å². The van der Waals surface area contributed by atoms with Crippen LogP contribution in [0.2, 0.25) is 0 Å². The first kappa shape index (κ1) is 35.6. The van der Waals surface area contributed by atoms with E-state index in [1.807, 2.05) is 34.6 Å². The van der Waals surface area contributed by atoms with E-state index in [1.165, 1.54) is 0 Å². The van der Waals surface area contributed by atoms with E-state index in [1.54, 1.807) is 4.90 Å². The van der Waals surface area contributed by atoms with Crippen LogP contribution in [0.5, 0.6) is 0 Å². The lowest BCUT2D eigenvalue weighted by atomic mass is 9.73. The maximum atomic E-state index is 14.7. The highest BCUT2D eigenvalue weighted by atomic mass is 16.5. The number of nitrogens with zero attached hydrogens (tertiary/aromatic N) is 2. The highest BCUT2D eigenvalue weighted by Gasteiger charge is 2.85. The van der Waals surface area contributed by atoms with E-state index in [0.29, 0.717) is 39.1 Å². The maximum absolute atomic E-state index is 14.7. The van der Waals surface area contributed by atoms with Gasteiger partial charge in [-0.25, -0.2) is 4.79 Å². The molecule has 0 bridgehead atoms. The summed E-state index contributed by atoms with van der Waals surface area (Å²) in [4.78, 5) is 71.1. The number of fused-ring (bicyclic) bond motifs is 1. The van der Waals surface area contributed by atoms with E-state index >= 15 is 0 Å². The molecule has 264 valence electrons. The highest BCUT2D eigenvalue weighted by molar-refractivity contribution is 6.37. The van der Waals surface area contributed by atoms with E-state index in [0.717, 1.165) is 51.6 Å². The number of likely N-dealkylation sites (tertiary alicyclic amines) is 1. The van der Waals surface area contributed by atoms with Crippen molar-refractivity contribution in [3.8, 4) is 0 Å². The zero-order valence-electron chi connectivity index (χ0n) is 29.6. The van der Waals surface area contributed by atoms with Gasteiger partial charge >= 0.3 is 6.03 Å². The molecule has 2 spiro atoms. The Morgan fingerprint density at radius 2 is 1.57 bits per heavy atom. The molecule has 0 radical (unpaired) electrons. The first-order valence-electron chi connectivity index (χ1n) is 17.7. The van der Waals surface area contributed by atoms with Crippen LogP contribution < -0.4 is 21.7 Å². The van der Waals surface area contributed by atoms with Crippen molar-refractivity contribution in [2.45, 2.75) is 123 Å². The number of primary amides is 1. The summed E-state index contributed by atoms with van der Waals surface area (Å²) in [5.41, 5.74) is 3.93. The predicted molar refractivity (Wildman–Crippen MR) is 177 cm³/mol. The first-order chi connectivity index (χ1) is 21.8. The Morgan fingerprint density at radius 3 is 2.06 bits per heavy atom. The van der Waals surface area contributed by atoms with Crippen LogP contribution in [-0.4, -0.2) is 102 Å². The lowest BCUT2D eigenvalue weighted by Crippen LogP contribution is -2.62. The minimum absolute atomic E-state index is 0.0630. The molecule has 0 aromatic rings. The van der Waals surface area contributed by atoms with Crippen LogP contribution in [0.15, 0.2) is 0 Å². The number of Topliss-reactive ketones (excluding diaryl/α,β-unsaturated/α-hetero) is 1. The molecule has 0 aromatic carbocycles. The van der Waals surface area contributed by atoms with Crippen molar-refractivity contribution < 1.29 is 28.7 Å². The second-order valence-corrected chi connectivity index (χ2v) is 17.3. The van der Waals surface area contributed by atoms with Crippen molar-refractivity contribution >= 4 is 29.5 Å². The predicted octanol–water partition coefficient (Wildman–Crippen LogP) is 2.34. The molecule has 4 atom stereocenters. The van der Waals surface area contributed by atoms with Crippen LogP contribution >= 0.6 is 0 Å². The number of ether oxygens (including phenoxy) is 1. The third-order valence-electron chi connectivity index (χ3n) is 12.6. The van der Waals surface area contributed by atoms with Gasteiger partial charge in [0.1, 0.15) is 12.1 Å². The number of rotatable bonds is 11. The molecule has 12 heteroatoms. The minimum Gasteiger partial charge on any atom is -0.379 e. The fraction of sp³-hybridized carbons (Fsp3) is 0.857. The molecule has 5 rings (SSSR count). The average Bonchev–Trinajstić information content (AvgIpc) is 3.15. The summed E-state index contributed by atoms with van der Waals surface area (Å²) in [7, 11) is 0. The molecule has 5 amide bonds. The van der Waals surface area contributed by atoms with E-state index < -0.39 is 52.7 Å². The summed E-state index contributed by atoms with van der Waals surface area (Å²) < 4.78 is 5.46. The maximum Gasteiger partial charge on any atom is 0.315 e. The lowest BCUT2D eigenvalue weighted by Gasteiger charge is -2.38. The summed E-state index contributed by atoms with van der Waals surface area (Å²) in [6, 6.07) is -3.20. The van der Waals surface area contributed by atoms with Gasteiger partial charge in [-0.05, 0) is 61.7 Å². The van der Waals surface area contributed by atoms with Gasteiger partial charge in [0.25, 0.3) is 5.91 Å². The Morgan fingerprint density at radius 1 is 0.936 bits per heavy atom. The second kappa shape index (κ2) is 12.6. The number of urea groups is 1. The van der Waals surface area contributed by atoms with E-state index in [2.05, 4.69) is 34.7 Å². The molecule has 47 heavy (non-hydrogen) atoms. The van der Waals surface area contributed by atoms with Crippen molar-refractivity contribution in [3.05, 3.63) is 0 Å². The van der Waals surface area contributed by atoms with Crippen LogP contribution in [0.3, 0.4) is 0 Å². The van der Waals surface area contributed by atoms with Crippen LogP contribution in [0.4, 0.5) is 4.79 Å². The molecule has 3 saturated carbocycles. The molecule has 5 aliphatic rings. The topological polar surface area (TPSA) is 163 Å². The largest absolute Gasteiger partial charge is 0.379 e. The number of hydrogen-bond acceptors (Lipinski definition) is 7. The zero-order chi connectivity index (χ0) is 34.6. The monoisotopic (exact) mass is 658 g/mol. The van der Waals surface area contributed by atoms with Gasteiger partial charge in [-0.15, -0.1) is 0 Å². The van der Waals surface area contributed by atoms with Crippen molar-refractivity contribution in [3.63, 3.8) is 0 Å². The van der Waals surface area contributed by atoms with Crippen molar-refractivity contribution in [2.75, 3.05) is 39.4 Å². The summed E-state index contributed by atoms with van der Waals surface area (Å²) in [5, 5.41) is 8.93. The van der Waals surface area contributed by atoms with E-state index in [4.69, 9.17) is 10.5 Å². The summed E-state index contributed by atoms with van der Waals surface area (Å²) in [6.45, 7) is 18.1. The third-order valence-corrected chi connectivity index (χ3v) is 12.6. The Kier molecular flexibility index (Phi) is 9.55. The summed E-state index contributed by atoms with van der Waals surface area (Å²) in [5.74, 6) is -2.37. The SMILES string of the molecule is CC(C)(CN1CCOCC1)NC(=O)N[C@H](C(=O)N1C[C@]2(C[C@H]1C(=O)NC(CC1CCC1)C(=O)C(N)=O)C(C)(C)C21CCC1)C(C)(C)C. The van der Waals surface area contributed by atoms with Crippen molar-refractivity contribution in [1.29, 1.82) is 0 Å². The molecule has 2 aliphatic heterocycles. The molecule has 12 nitrogen and oxygen atoms in total. The fourth-order valence-corrected chi connectivity index (χ4v) is 9.44. The van der Waals surface area contributed by atoms with Gasteiger partial charge in [-0.1, -0.05) is 60.3 Å². The Labute approximate surface area is 280 Å². The standard InChI is InChI=1S/C35H58N6O6/c1-31(2,3)26(38-30(46)39-32(4,5)20-40-14-16-47-17-15-40)29(45)41-21-35(33(6,7)34(35)12-9-13-34)19-24(41)28(44)37-23(25(42)27(36)43)18-22-10-8-11-22/h22-24,26H,8-21H2,1-7H3,(H2,36,43)(H,37,44)(H2,38,39,46)/t23?,24-,26+,35+/m0/s1. The minimum atomic E-state index is -1.07. The van der Waals surface area contributed by atoms with Gasteiger partial charge in [0.05, 0.1) is 19.3 Å². The average molecular weight is 659 g/mol. The number of nitrogens with one attached hydrogen (secondary N) is 3. The molecular weight excluding hydrogens is 600 g/mol.